The second-order valence-electron chi connectivity index (χ2n) is 8.88. The van der Waals surface area contributed by atoms with Crippen LogP contribution in [0.3, 0.4) is 0 Å². The van der Waals surface area contributed by atoms with E-state index in [2.05, 4.69) is 10.2 Å². The van der Waals surface area contributed by atoms with Crippen molar-refractivity contribution in [3.63, 3.8) is 0 Å². The minimum atomic E-state index is -3.20. The summed E-state index contributed by atoms with van der Waals surface area (Å²) in [6.07, 6.45) is 2.75. The largest absolute Gasteiger partial charge is 0.492 e. The van der Waals surface area contributed by atoms with Gasteiger partial charge in [0, 0.05) is 30.3 Å². The van der Waals surface area contributed by atoms with E-state index < -0.39 is 15.4 Å². The molecule has 9 heteroatoms. The highest BCUT2D eigenvalue weighted by molar-refractivity contribution is 7.88. The molecule has 1 saturated heterocycles. The number of piperidine rings is 1. The maximum Gasteiger partial charge on any atom is 0.235 e. The lowest BCUT2D eigenvalue weighted by molar-refractivity contribution is -0.122. The quantitative estimate of drug-likeness (QED) is 0.719. The van der Waals surface area contributed by atoms with E-state index in [-0.39, 0.29) is 5.91 Å². The Morgan fingerprint density at radius 3 is 2.59 bits per heavy atom. The van der Waals surface area contributed by atoms with Gasteiger partial charge in [-0.25, -0.2) is 8.42 Å². The van der Waals surface area contributed by atoms with Crippen LogP contribution < -0.4 is 10.1 Å². The highest BCUT2D eigenvalue weighted by atomic mass is 35.5. The van der Waals surface area contributed by atoms with Crippen LogP contribution in [0.2, 0.25) is 5.02 Å². The van der Waals surface area contributed by atoms with Gasteiger partial charge in [0.25, 0.3) is 0 Å². The fourth-order valence-electron chi connectivity index (χ4n) is 5.00. The predicted octanol–water partition coefficient (Wildman–Crippen LogP) is 2.98. The summed E-state index contributed by atoms with van der Waals surface area (Å²) in [6.45, 7) is 3.76. The Balaban J connectivity index is 1.16. The van der Waals surface area contributed by atoms with Crippen molar-refractivity contribution >= 4 is 33.2 Å². The summed E-state index contributed by atoms with van der Waals surface area (Å²) in [5.41, 5.74) is 3.44. The summed E-state index contributed by atoms with van der Waals surface area (Å²) in [5, 5.41) is 3.67. The first kappa shape index (κ1) is 21.7. The number of hydrogen-bond acceptors (Lipinski definition) is 5. The number of carbonyl (C=O) groups excluding carboxylic acids is 1. The maximum absolute atomic E-state index is 12.8. The van der Waals surface area contributed by atoms with Crippen LogP contribution in [0.15, 0.2) is 36.4 Å². The Labute approximate surface area is 193 Å². The molecule has 0 aromatic heterocycles. The molecule has 1 amide bonds. The fourth-order valence-corrected chi connectivity index (χ4v) is 5.92. The number of fused-ring (bicyclic) bond motifs is 3. The molecule has 32 heavy (non-hydrogen) atoms. The zero-order chi connectivity index (χ0) is 22.5. The predicted molar refractivity (Wildman–Crippen MR) is 123 cm³/mol. The van der Waals surface area contributed by atoms with Crippen LogP contribution in [0.5, 0.6) is 5.75 Å². The van der Waals surface area contributed by atoms with Crippen LogP contribution in [-0.4, -0.2) is 56.0 Å². The van der Waals surface area contributed by atoms with Gasteiger partial charge >= 0.3 is 0 Å². The molecule has 0 aliphatic carbocycles. The number of sulfonamides is 1. The first-order valence-electron chi connectivity index (χ1n) is 10.8. The van der Waals surface area contributed by atoms with Crippen molar-refractivity contribution < 1.29 is 17.9 Å². The van der Waals surface area contributed by atoms with Gasteiger partial charge in [0.15, 0.2) is 0 Å². The molecule has 3 heterocycles. The number of halogens is 1. The van der Waals surface area contributed by atoms with E-state index >= 15 is 0 Å². The third-order valence-corrected chi connectivity index (χ3v) is 8.34. The molecule has 0 bridgehead atoms. The molecule has 3 aliphatic heterocycles. The second kappa shape index (κ2) is 8.02. The van der Waals surface area contributed by atoms with E-state index in [1.807, 2.05) is 36.4 Å². The summed E-state index contributed by atoms with van der Waals surface area (Å²) in [6, 6.07) is 11.4. The maximum atomic E-state index is 12.8. The minimum Gasteiger partial charge on any atom is -0.492 e. The summed E-state index contributed by atoms with van der Waals surface area (Å²) < 4.78 is 31.0. The van der Waals surface area contributed by atoms with Crippen molar-refractivity contribution in [2.75, 3.05) is 37.8 Å². The lowest BCUT2D eigenvalue weighted by Gasteiger charge is -2.38. The van der Waals surface area contributed by atoms with Gasteiger partial charge in [0.2, 0.25) is 15.9 Å². The van der Waals surface area contributed by atoms with Crippen LogP contribution in [0, 0.1) is 0 Å². The normalized spacial score (nSPS) is 20.2. The second-order valence-corrected chi connectivity index (χ2v) is 11.3. The molecule has 3 aliphatic rings. The number of nitrogens with one attached hydrogen (secondary N) is 1. The van der Waals surface area contributed by atoms with Crippen LogP contribution >= 0.6 is 11.6 Å². The van der Waals surface area contributed by atoms with E-state index in [0.717, 1.165) is 60.6 Å². The number of benzene rings is 2. The van der Waals surface area contributed by atoms with Crippen molar-refractivity contribution in [3.05, 3.63) is 58.1 Å². The van der Waals surface area contributed by atoms with Crippen LogP contribution in [0.4, 0.5) is 5.69 Å². The zero-order valence-corrected chi connectivity index (χ0v) is 19.5. The average Bonchev–Trinajstić information content (AvgIpc) is 3.29. The minimum absolute atomic E-state index is 0.0759. The van der Waals surface area contributed by atoms with Gasteiger partial charge in [0.1, 0.15) is 12.4 Å². The first-order valence-corrected chi connectivity index (χ1v) is 13.0. The molecule has 1 N–H and O–H groups in total. The third-order valence-electron chi connectivity index (χ3n) is 6.91. The van der Waals surface area contributed by atoms with Gasteiger partial charge in [-0.3, -0.25) is 9.69 Å². The Morgan fingerprint density at radius 2 is 1.84 bits per heavy atom. The van der Waals surface area contributed by atoms with E-state index in [0.29, 0.717) is 24.7 Å². The molecule has 0 atom stereocenters. The average molecular weight is 476 g/mol. The smallest absolute Gasteiger partial charge is 0.235 e. The molecule has 2 aromatic rings. The highest BCUT2D eigenvalue weighted by Gasteiger charge is 2.48. The molecule has 1 fully saturated rings. The van der Waals surface area contributed by atoms with Crippen molar-refractivity contribution in [1.29, 1.82) is 0 Å². The first-order chi connectivity index (χ1) is 15.2. The molecule has 0 radical (unpaired) electrons. The Bertz CT molecular complexity index is 1180. The van der Waals surface area contributed by atoms with E-state index in [4.69, 9.17) is 16.3 Å². The summed E-state index contributed by atoms with van der Waals surface area (Å²) >= 11 is 6.20. The lowest BCUT2D eigenvalue weighted by atomic mass is 9.73. The molecular formula is C23H26ClN3O4S. The monoisotopic (exact) mass is 475 g/mol. The number of anilines is 1. The number of likely N-dealkylation sites (tertiary alicyclic amines) is 1. The van der Waals surface area contributed by atoms with Gasteiger partial charge in [-0.05, 0) is 73.0 Å². The van der Waals surface area contributed by atoms with Gasteiger partial charge in [-0.15, -0.1) is 0 Å². The molecule has 170 valence electrons. The zero-order valence-electron chi connectivity index (χ0n) is 17.9. The third kappa shape index (κ3) is 3.90. The number of nitrogens with zero attached hydrogens (tertiary/aromatic N) is 2. The molecular weight excluding hydrogens is 450 g/mol. The molecule has 2 aromatic carbocycles. The number of rotatable bonds is 5. The Kier molecular flexibility index (Phi) is 5.44. The SMILES string of the molecule is CS(=O)(=O)N1Cc2ccc(OCCN3CCC4(CC3)C(=O)Nc3ccc(Cl)cc34)cc2C1. The Hall–Kier alpha value is -2.13. The van der Waals surface area contributed by atoms with Crippen molar-refractivity contribution in [2.24, 2.45) is 0 Å². The lowest BCUT2D eigenvalue weighted by Crippen LogP contribution is -2.47. The Morgan fingerprint density at radius 1 is 1.09 bits per heavy atom. The number of hydrogen-bond donors (Lipinski definition) is 1. The molecule has 0 unspecified atom stereocenters. The van der Waals surface area contributed by atoms with E-state index in [1.54, 1.807) is 0 Å². The number of amides is 1. The van der Waals surface area contributed by atoms with Gasteiger partial charge in [-0.2, -0.15) is 4.31 Å². The molecule has 5 rings (SSSR count). The molecule has 1 spiro atoms. The van der Waals surface area contributed by atoms with Crippen LogP contribution in [0.25, 0.3) is 0 Å². The summed E-state index contributed by atoms with van der Waals surface area (Å²) in [5.74, 6) is 0.832. The van der Waals surface area contributed by atoms with E-state index in [1.165, 1.54) is 10.6 Å². The summed E-state index contributed by atoms with van der Waals surface area (Å²) in [7, 11) is -3.20. The van der Waals surface area contributed by atoms with Crippen molar-refractivity contribution in [3.8, 4) is 5.75 Å². The van der Waals surface area contributed by atoms with Gasteiger partial charge in [-0.1, -0.05) is 17.7 Å². The molecule has 7 nitrogen and oxygen atoms in total. The summed E-state index contributed by atoms with van der Waals surface area (Å²) in [4.78, 5) is 15.1. The standard InChI is InChI=1S/C23H26ClN3O4S/c1-32(29,30)27-14-16-2-4-19(12-17(16)15-27)31-11-10-26-8-6-23(7-9-26)20-13-18(24)3-5-21(20)25-22(23)28/h2-5,12-13H,6-11,14-15H2,1H3,(H,25,28). The van der Waals surface area contributed by atoms with Crippen molar-refractivity contribution in [2.45, 2.75) is 31.3 Å². The van der Waals surface area contributed by atoms with Crippen LogP contribution in [0.1, 0.15) is 29.5 Å². The van der Waals surface area contributed by atoms with Crippen molar-refractivity contribution in [1.82, 2.24) is 9.21 Å². The number of ether oxygens (including phenoxy) is 1. The molecule has 0 saturated carbocycles. The van der Waals surface area contributed by atoms with Gasteiger partial charge < -0.3 is 10.1 Å². The topological polar surface area (TPSA) is 79.0 Å². The van der Waals surface area contributed by atoms with Crippen LogP contribution in [-0.2, 0) is 33.3 Å². The van der Waals surface area contributed by atoms with Gasteiger partial charge in [0.05, 0.1) is 11.7 Å². The number of carbonyl (C=O) groups is 1. The fraction of sp³-hybridized carbons (Fsp3) is 0.435. The highest BCUT2D eigenvalue weighted by Crippen LogP contribution is 2.45. The van der Waals surface area contributed by atoms with E-state index in [9.17, 15) is 13.2 Å².